The Hall–Kier alpha value is -3.88. The van der Waals surface area contributed by atoms with Gasteiger partial charge in [0.1, 0.15) is 18.2 Å². The van der Waals surface area contributed by atoms with Crippen LogP contribution >= 0.6 is 0 Å². The van der Waals surface area contributed by atoms with Gasteiger partial charge in [0, 0.05) is 61.2 Å². The first-order valence-electron chi connectivity index (χ1n) is 13.0. The molecule has 0 saturated carbocycles. The molecule has 3 aromatic heterocycles. The third-order valence-electron chi connectivity index (χ3n) is 6.80. The highest BCUT2D eigenvalue weighted by atomic mass is 28.3. The predicted octanol–water partition coefficient (Wildman–Crippen LogP) is 6.31. The number of benzene rings is 2. The fraction of sp³-hybridized carbons (Fsp3) is 0.267. The van der Waals surface area contributed by atoms with Crippen LogP contribution in [0.1, 0.15) is 21.6 Å². The van der Waals surface area contributed by atoms with Crippen molar-refractivity contribution in [3.05, 3.63) is 89.7 Å². The van der Waals surface area contributed by atoms with E-state index >= 15 is 0 Å². The Morgan fingerprint density at radius 3 is 2.55 bits per heavy atom. The fourth-order valence-corrected chi connectivity index (χ4v) is 5.48. The molecule has 7 nitrogen and oxygen atoms in total. The SMILES string of the molecule is Cc1cc2c(C(N)=O)cccc2n1-c1cc(NCc2ccccc2)c2ccn(COCC[Si](C)(C)C)c2n1. The highest BCUT2D eigenvalue weighted by Crippen LogP contribution is 2.31. The van der Waals surface area contributed by atoms with Gasteiger partial charge in [-0.05, 0) is 42.8 Å². The summed E-state index contributed by atoms with van der Waals surface area (Å²) in [6.07, 6.45) is 2.04. The molecule has 0 atom stereocenters. The number of aryl methyl sites for hydroxylation is 1. The lowest BCUT2D eigenvalue weighted by atomic mass is 10.1. The third-order valence-corrected chi connectivity index (χ3v) is 8.50. The van der Waals surface area contributed by atoms with Gasteiger partial charge in [0.25, 0.3) is 0 Å². The third kappa shape index (κ3) is 5.37. The quantitative estimate of drug-likeness (QED) is 0.165. The Bertz CT molecular complexity index is 1600. The molecule has 0 aliphatic carbocycles. The summed E-state index contributed by atoms with van der Waals surface area (Å²) in [4.78, 5) is 17.2. The molecule has 0 unspecified atom stereocenters. The number of carbonyl (C=O) groups is 1. The Kier molecular flexibility index (Phi) is 7.10. The molecule has 0 fully saturated rings. The van der Waals surface area contributed by atoms with Gasteiger partial charge in [0.15, 0.2) is 0 Å². The summed E-state index contributed by atoms with van der Waals surface area (Å²) in [6, 6.07) is 23.2. The molecule has 3 heterocycles. The van der Waals surface area contributed by atoms with E-state index in [1.807, 2.05) is 49.5 Å². The van der Waals surface area contributed by atoms with E-state index in [0.717, 1.165) is 51.8 Å². The molecule has 8 heteroatoms. The lowest BCUT2D eigenvalue weighted by Crippen LogP contribution is -2.22. The topological polar surface area (TPSA) is 87.1 Å². The number of pyridine rings is 1. The average molecular weight is 526 g/mol. The molecule has 0 aliphatic heterocycles. The lowest BCUT2D eigenvalue weighted by molar-refractivity contribution is 0.0899. The van der Waals surface area contributed by atoms with E-state index < -0.39 is 14.0 Å². The van der Waals surface area contributed by atoms with Crippen molar-refractivity contribution in [3.63, 3.8) is 0 Å². The summed E-state index contributed by atoms with van der Waals surface area (Å²) in [5, 5.41) is 5.48. The Morgan fingerprint density at radius 1 is 1.03 bits per heavy atom. The second-order valence-electron chi connectivity index (χ2n) is 11.0. The number of ether oxygens (including phenoxy) is 1. The molecule has 0 bridgehead atoms. The van der Waals surface area contributed by atoms with Gasteiger partial charge < -0.3 is 20.4 Å². The maximum Gasteiger partial charge on any atom is 0.249 e. The number of amides is 1. The summed E-state index contributed by atoms with van der Waals surface area (Å²) >= 11 is 0. The molecule has 0 spiro atoms. The number of primary amides is 1. The molecule has 5 rings (SSSR count). The predicted molar refractivity (Wildman–Crippen MR) is 158 cm³/mol. The highest BCUT2D eigenvalue weighted by Gasteiger charge is 2.18. The molecule has 196 valence electrons. The molecule has 1 amide bonds. The molecule has 0 radical (unpaired) electrons. The first-order valence-corrected chi connectivity index (χ1v) is 16.7. The normalized spacial score (nSPS) is 11.9. The first-order chi connectivity index (χ1) is 18.2. The van der Waals surface area contributed by atoms with E-state index in [4.69, 9.17) is 15.5 Å². The monoisotopic (exact) mass is 525 g/mol. The molecule has 0 aliphatic rings. The van der Waals surface area contributed by atoms with Crippen molar-refractivity contribution in [1.29, 1.82) is 0 Å². The fourth-order valence-electron chi connectivity index (χ4n) is 4.73. The summed E-state index contributed by atoms with van der Waals surface area (Å²) in [5.41, 5.74) is 11.1. The van der Waals surface area contributed by atoms with Crippen molar-refractivity contribution in [2.75, 3.05) is 11.9 Å². The van der Waals surface area contributed by atoms with E-state index in [1.165, 1.54) is 5.56 Å². The van der Waals surface area contributed by atoms with E-state index in [2.05, 4.69) is 58.4 Å². The average Bonchev–Trinajstić information content (AvgIpc) is 3.44. The van der Waals surface area contributed by atoms with Crippen LogP contribution in [0.4, 0.5) is 5.69 Å². The number of hydrogen-bond donors (Lipinski definition) is 2. The van der Waals surface area contributed by atoms with Crippen LogP contribution in [0.2, 0.25) is 25.7 Å². The first kappa shape index (κ1) is 25.8. The molecule has 5 aromatic rings. The van der Waals surface area contributed by atoms with Crippen molar-refractivity contribution < 1.29 is 9.53 Å². The van der Waals surface area contributed by atoms with E-state index in [9.17, 15) is 4.79 Å². The second-order valence-corrected chi connectivity index (χ2v) is 16.6. The van der Waals surface area contributed by atoms with Gasteiger partial charge in [-0.2, -0.15) is 0 Å². The van der Waals surface area contributed by atoms with Crippen LogP contribution in [0.25, 0.3) is 27.8 Å². The molecular formula is C30H35N5O2Si. The number of carbonyl (C=O) groups excluding carboxylic acids is 1. The zero-order valence-electron chi connectivity index (χ0n) is 22.5. The Morgan fingerprint density at radius 2 is 1.82 bits per heavy atom. The van der Waals surface area contributed by atoms with Crippen molar-refractivity contribution in [3.8, 4) is 5.82 Å². The smallest absolute Gasteiger partial charge is 0.249 e. The van der Waals surface area contributed by atoms with E-state index in [1.54, 1.807) is 6.07 Å². The molecular weight excluding hydrogens is 490 g/mol. The lowest BCUT2D eigenvalue weighted by Gasteiger charge is -2.16. The molecule has 0 saturated heterocycles. The number of nitrogens with two attached hydrogens (primary N) is 1. The van der Waals surface area contributed by atoms with Crippen LogP contribution in [0, 0.1) is 6.92 Å². The zero-order chi connectivity index (χ0) is 26.9. The maximum atomic E-state index is 12.1. The minimum Gasteiger partial charge on any atom is -0.380 e. The van der Waals surface area contributed by atoms with Crippen LogP contribution in [0.15, 0.2) is 72.9 Å². The standard InChI is InChI=1S/C30H35N5O2Si/c1-21-17-25-23(29(31)36)11-8-12-27(25)35(21)28-18-26(32-19-22-9-6-5-7-10-22)24-13-14-34(30(24)33-28)20-37-15-16-38(2,3)4/h5-14,17-18H,15-16,19-20H2,1-4H3,(H2,31,36)(H,32,33). The number of rotatable bonds is 10. The van der Waals surface area contributed by atoms with Crippen molar-refractivity contribution in [1.82, 2.24) is 14.1 Å². The van der Waals surface area contributed by atoms with E-state index in [-0.39, 0.29) is 0 Å². The number of hydrogen-bond acceptors (Lipinski definition) is 4. The largest absolute Gasteiger partial charge is 0.380 e. The van der Waals surface area contributed by atoms with Gasteiger partial charge in [-0.25, -0.2) is 4.98 Å². The summed E-state index contributed by atoms with van der Waals surface area (Å²) in [5.74, 6) is 0.329. The van der Waals surface area contributed by atoms with Crippen LogP contribution in [0.3, 0.4) is 0 Å². The van der Waals surface area contributed by atoms with Crippen molar-refractivity contribution in [2.45, 2.75) is 45.9 Å². The number of nitrogens with one attached hydrogen (secondary N) is 1. The molecule has 38 heavy (non-hydrogen) atoms. The van der Waals surface area contributed by atoms with Gasteiger partial charge in [-0.3, -0.25) is 9.36 Å². The number of aromatic nitrogens is 3. The van der Waals surface area contributed by atoms with Crippen LogP contribution < -0.4 is 11.1 Å². The molecule has 3 N–H and O–H groups in total. The highest BCUT2D eigenvalue weighted by molar-refractivity contribution is 6.76. The Balaban J connectivity index is 1.58. The van der Waals surface area contributed by atoms with Gasteiger partial charge >= 0.3 is 0 Å². The van der Waals surface area contributed by atoms with Gasteiger partial charge in [-0.15, -0.1) is 0 Å². The minimum atomic E-state index is -1.17. The number of fused-ring (bicyclic) bond motifs is 2. The Labute approximate surface area is 224 Å². The minimum absolute atomic E-state index is 0.439. The summed E-state index contributed by atoms with van der Waals surface area (Å²) in [6.45, 7) is 11.0. The van der Waals surface area contributed by atoms with Gasteiger partial charge in [-0.1, -0.05) is 56.0 Å². The van der Waals surface area contributed by atoms with Crippen molar-refractivity contribution >= 4 is 41.6 Å². The number of anilines is 1. The van der Waals surface area contributed by atoms with Crippen LogP contribution in [-0.4, -0.2) is 34.7 Å². The zero-order valence-corrected chi connectivity index (χ0v) is 23.5. The summed E-state index contributed by atoms with van der Waals surface area (Å²) < 4.78 is 10.2. The van der Waals surface area contributed by atoms with Crippen molar-refractivity contribution in [2.24, 2.45) is 5.73 Å². The van der Waals surface area contributed by atoms with E-state index in [0.29, 0.717) is 18.8 Å². The van der Waals surface area contributed by atoms with Crippen LogP contribution in [-0.2, 0) is 18.0 Å². The van der Waals surface area contributed by atoms with Crippen LogP contribution in [0.5, 0.6) is 0 Å². The number of nitrogens with zero attached hydrogens (tertiary/aromatic N) is 3. The van der Waals surface area contributed by atoms with Gasteiger partial charge in [0.05, 0.1) is 5.52 Å². The molecule has 2 aromatic carbocycles. The second kappa shape index (κ2) is 10.5. The van der Waals surface area contributed by atoms with Gasteiger partial charge in [0.2, 0.25) is 5.91 Å². The maximum absolute atomic E-state index is 12.1. The summed E-state index contributed by atoms with van der Waals surface area (Å²) in [7, 11) is -1.17.